The van der Waals surface area contributed by atoms with Crippen LogP contribution in [0.25, 0.3) is 0 Å². The van der Waals surface area contributed by atoms with Gasteiger partial charge in [0.25, 0.3) is 0 Å². The summed E-state index contributed by atoms with van der Waals surface area (Å²) in [5, 5.41) is 0. The third-order valence-corrected chi connectivity index (χ3v) is 4.50. The summed E-state index contributed by atoms with van der Waals surface area (Å²) in [5.41, 5.74) is 6.49. The first-order chi connectivity index (χ1) is 6.76. The van der Waals surface area contributed by atoms with Gasteiger partial charge in [0, 0.05) is 0 Å². The van der Waals surface area contributed by atoms with E-state index in [1.807, 2.05) is 11.8 Å². The number of nitrogens with two attached hydrogens (primary N) is 1. The predicted octanol–water partition coefficient (Wildman–Crippen LogP) is 3.28. The Bertz CT molecular complexity index is 160. The maximum Gasteiger partial charge on any atom is -0.00201 e. The van der Waals surface area contributed by atoms with Gasteiger partial charge in [0.1, 0.15) is 0 Å². The molecule has 1 aliphatic rings. The minimum absolute atomic E-state index is 0.502. The van der Waals surface area contributed by atoms with Gasteiger partial charge in [0.15, 0.2) is 0 Å². The van der Waals surface area contributed by atoms with Crippen molar-refractivity contribution in [1.82, 2.24) is 0 Å². The van der Waals surface area contributed by atoms with Crippen molar-refractivity contribution in [3.05, 3.63) is 0 Å². The zero-order valence-electron chi connectivity index (χ0n) is 9.72. The van der Waals surface area contributed by atoms with Gasteiger partial charge in [0.05, 0.1) is 0 Å². The van der Waals surface area contributed by atoms with Crippen LogP contribution in [0.2, 0.25) is 0 Å². The Morgan fingerprint density at radius 3 is 2.86 bits per heavy atom. The average molecular weight is 215 g/mol. The van der Waals surface area contributed by atoms with Gasteiger partial charge < -0.3 is 5.73 Å². The van der Waals surface area contributed by atoms with Gasteiger partial charge in [-0.2, -0.15) is 11.8 Å². The molecule has 1 nitrogen and oxygen atoms in total. The molecule has 2 heteroatoms. The van der Waals surface area contributed by atoms with Gasteiger partial charge in [-0.05, 0) is 49.1 Å². The quantitative estimate of drug-likeness (QED) is 0.761. The molecule has 2 unspecified atom stereocenters. The van der Waals surface area contributed by atoms with Gasteiger partial charge in [-0.3, -0.25) is 0 Å². The summed E-state index contributed by atoms with van der Waals surface area (Å²) in [6.07, 6.45) is 10.5. The molecule has 0 aromatic carbocycles. The summed E-state index contributed by atoms with van der Waals surface area (Å²) in [4.78, 5) is 0. The summed E-state index contributed by atoms with van der Waals surface area (Å²) in [6.45, 7) is 3.23. The van der Waals surface area contributed by atoms with Crippen LogP contribution >= 0.6 is 11.8 Å². The molecule has 2 atom stereocenters. The lowest BCUT2D eigenvalue weighted by Gasteiger charge is -2.40. The largest absolute Gasteiger partial charge is 0.330 e. The topological polar surface area (TPSA) is 26.0 Å². The molecule has 0 aliphatic heterocycles. The van der Waals surface area contributed by atoms with Crippen LogP contribution in [0.5, 0.6) is 0 Å². The predicted molar refractivity (Wildman–Crippen MR) is 66.7 cm³/mol. The number of hydrogen-bond donors (Lipinski definition) is 1. The van der Waals surface area contributed by atoms with Crippen LogP contribution in [-0.4, -0.2) is 18.6 Å². The third-order valence-electron chi connectivity index (χ3n) is 3.89. The molecule has 0 heterocycles. The van der Waals surface area contributed by atoms with Gasteiger partial charge in [-0.25, -0.2) is 0 Å². The van der Waals surface area contributed by atoms with Crippen molar-refractivity contribution < 1.29 is 0 Å². The second-order valence-electron chi connectivity index (χ2n) is 4.82. The van der Waals surface area contributed by atoms with Crippen LogP contribution in [0, 0.1) is 11.3 Å². The summed E-state index contributed by atoms with van der Waals surface area (Å²) in [6, 6.07) is 0. The lowest BCUT2D eigenvalue weighted by atomic mass is 9.67. The highest BCUT2D eigenvalue weighted by Gasteiger charge is 2.33. The third kappa shape index (κ3) is 3.16. The monoisotopic (exact) mass is 215 g/mol. The molecule has 1 rings (SSSR count). The molecule has 0 radical (unpaired) electrons. The molecule has 1 fully saturated rings. The van der Waals surface area contributed by atoms with E-state index in [-0.39, 0.29) is 0 Å². The zero-order chi connectivity index (χ0) is 10.4. The molecule has 1 saturated carbocycles. The molecule has 0 spiro atoms. The molecule has 0 aromatic heterocycles. The number of hydrogen-bond acceptors (Lipinski definition) is 2. The van der Waals surface area contributed by atoms with Crippen molar-refractivity contribution in [2.75, 3.05) is 18.6 Å². The Hall–Kier alpha value is 0.310. The van der Waals surface area contributed by atoms with E-state index in [1.165, 1.54) is 44.3 Å². The molecule has 1 aliphatic carbocycles. The van der Waals surface area contributed by atoms with Crippen molar-refractivity contribution in [2.45, 2.75) is 45.4 Å². The van der Waals surface area contributed by atoms with Crippen molar-refractivity contribution in [2.24, 2.45) is 17.1 Å². The van der Waals surface area contributed by atoms with E-state index in [0.29, 0.717) is 5.41 Å². The lowest BCUT2D eigenvalue weighted by Crippen LogP contribution is -2.36. The number of rotatable bonds is 5. The van der Waals surface area contributed by atoms with Crippen LogP contribution < -0.4 is 5.73 Å². The minimum Gasteiger partial charge on any atom is -0.330 e. The van der Waals surface area contributed by atoms with Gasteiger partial charge >= 0.3 is 0 Å². The normalized spacial score (nSPS) is 33.2. The molecule has 0 aromatic rings. The second-order valence-corrected chi connectivity index (χ2v) is 5.80. The molecular weight excluding hydrogens is 190 g/mol. The van der Waals surface area contributed by atoms with Gasteiger partial charge in [0.2, 0.25) is 0 Å². The number of thioether (sulfide) groups is 1. The van der Waals surface area contributed by atoms with Crippen molar-refractivity contribution >= 4 is 11.8 Å². The Kier molecular flexibility index (Phi) is 5.32. The highest BCUT2D eigenvalue weighted by molar-refractivity contribution is 7.98. The highest BCUT2D eigenvalue weighted by atomic mass is 32.2. The fourth-order valence-corrected chi connectivity index (χ4v) is 3.40. The van der Waals surface area contributed by atoms with Crippen molar-refractivity contribution in [3.63, 3.8) is 0 Å². The molecule has 0 saturated heterocycles. The molecular formula is C12H25NS. The maximum atomic E-state index is 5.99. The Morgan fingerprint density at radius 1 is 1.50 bits per heavy atom. The maximum absolute atomic E-state index is 5.99. The smallest absolute Gasteiger partial charge is 0.00201 e. The fraction of sp³-hybridized carbons (Fsp3) is 1.00. The van der Waals surface area contributed by atoms with Gasteiger partial charge in [-0.15, -0.1) is 0 Å². The zero-order valence-corrected chi connectivity index (χ0v) is 10.5. The molecule has 0 bridgehead atoms. The molecule has 2 N–H and O–H groups in total. The Morgan fingerprint density at radius 2 is 2.29 bits per heavy atom. The molecule has 0 amide bonds. The Labute approximate surface area is 93.2 Å². The van der Waals surface area contributed by atoms with E-state index in [1.54, 1.807) is 0 Å². The SMILES string of the molecule is CCC1CCCC(CN)(CCSC)C1. The van der Waals surface area contributed by atoms with E-state index < -0.39 is 0 Å². The molecule has 14 heavy (non-hydrogen) atoms. The summed E-state index contributed by atoms with van der Waals surface area (Å²) < 4.78 is 0. The fourth-order valence-electron chi connectivity index (χ4n) is 2.76. The first kappa shape index (κ1) is 12.4. The van der Waals surface area contributed by atoms with E-state index in [9.17, 15) is 0 Å². The van der Waals surface area contributed by atoms with E-state index >= 15 is 0 Å². The molecule has 84 valence electrons. The van der Waals surface area contributed by atoms with Crippen LogP contribution in [0.4, 0.5) is 0 Å². The average Bonchev–Trinajstić information content (AvgIpc) is 2.26. The first-order valence-electron chi connectivity index (χ1n) is 5.95. The highest BCUT2D eigenvalue weighted by Crippen LogP contribution is 2.42. The minimum atomic E-state index is 0.502. The summed E-state index contributed by atoms with van der Waals surface area (Å²) in [7, 11) is 0. The van der Waals surface area contributed by atoms with Gasteiger partial charge in [-0.1, -0.05) is 26.2 Å². The standard InChI is InChI=1S/C12H25NS/c1-3-11-5-4-6-12(9-11,10-13)7-8-14-2/h11H,3-10,13H2,1-2H3. The van der Waals surface area contributed by atoms with Crippen molar-refractivity contribution in [1.29, 1.82) is 0 Å². The lowest BCUT2D eigenvalue weighted by molar-refractivity contribution is 0.139. The summed E-state index contributed by atoms with van der Waals surface area (Å²) >= 11 is 1.96. The van der Waals surface area contributed by atoms with Crippen LogP contribution in [0.1, 0.15) is 45.4 Å². The van der Waals surface area contributed by atoms with Crippen LogP contribution in [0.15, 0.2) is 0 Å². The second kappa shape index (κ2) is 6.02. The van der Waals surface area contributed by atoms with E-state index in [2.05, 4.69) is 13.2 Å². The van der Waals surface area contributed by atoms with Crippen LogP contribution in [-0.2, 0) is 0 Å². The Balaban J connectivity index is 2.49. The summed E-state index contributed by atoms with van der Waals surface area (Å²) in [5.74, 6) is 2.24. The van der Waals surface area contributed by atoms with Crippen molar-refractivity contribution in [3.8, 4) is 0 Å². The van der Waals surface area contributed by atoms with E-state index in [0.717, 1.165) is 12.5 Å². The van der Waals surface area contributed by atoms with Crippen LogP contribution in [0.3, 0.4) is 0 Å². The first-order valence-corrected chi connectivity index (χ1v) is 7.35. The van der Waals surface area contributed by atoms with E-state index in [4.69, 9.17) is 5.73 Å².